The van der Waals surface area contributed by atoms with E-state index in [1.54, 1.807) is 35.6 Å². The summed E-state index contributed by atoms with van der Waals surface area (Å²) in [5, 5.41) is 5.34. The third-order valence-corrected chi connectivity index (χ3v) is 5.94. The molecule has 0 saturated heterocycles. The molecule has 4 aromatic rings. The van der Waals surface area contributed by atoms with Crippen molar-refractivity contribution in [1.29, 1.82) is 0 Å². The number of furan rings is 2. The zero-order valence-corrected chi connectivity index (χ0v) is 15.7. The van der Waals surface area contributed by atoms with Crippen molar-refractivity contribution in [2.45, 2.75) is 25.7 Å². The zero-order valence-electron chi connectivity index (χ0n) is 14.8. The first-order valence-corrected chi connectivity index (χ1v) is 9.84. The Kier molecular flexibility index (Phi) is 4.25. The molecule has 7 nitrogen and oxygen atoms in total. The molecule has 0 aromatic carbocycles. The monoisotopic (exact) mass is 392 g/mol. The van der Waals surface area contributed by atoms with Gasteiger partial charge in [0.2, 0.25) is 0 Å². The van der Waals surface area contributed by atoms with E-state index in [9.17, 15) is 4.79 Å². The molecule has 140 valence electrons. The molecular formula is C20H16N4O3S. The Morgan fingerprint density at radius 3 is 2.64 bits per heavy atom. The molecule has 1 aliphatic carbocycles. The van der Waals surface area contributed by atoms with Crippen molar-refractivity contribution in [2.75, 3.05) is 5.43 Å². The van der Waals surface area contributed by atoms with Gasteiger partial charge < -0.3 is 8.83 Å². The Morgan fingerprint density at radius 1 is 1.07 bits per heavy atom. The molecule has 0 amide bonds. The summed E-state index contributed by atoms with van der Waals surface area (Å²) in [5.74, 6) is 0.773. The number of nitrogens with one attached hydrogen (secondary N) is 1. The smallest absolute Gasteiger partial charge is 0.252 e. The van der Waals surface area contributed by atoms with Crippen LogP contribution < -0.4 is 5.43 Å². The van der Waals surface area contributed by atoms with Gasteiger partial charge in [-0.25, -0.2) is 9.97 Å². The topological polar surface area (TPSA) is 93.5 Å². The van der Waals surface area contributed by atoms with Crippen molar-refractivity contribution in [3.05, 3.63) is 65.1 Å². The molecule has 0 fully saturated rings. The minimum absolute atomic E-state index is 0.121. The fourth-order valence-electron chi connectivity index (χ4n) is 3.44. The standard InChI is InChI=1S/C20H16N4O3S/c25-18(14-7-4-10-27-14)17(13-6-3-9-26-13)23-24-19-16-12-5-1-2-8-15(12)28-20(16)22-11-21-19/h3-4,6-7,9-11H,1-2,5,8H2,(H,21,22,24). The second-order valence-electron chi connectivity index (χ2n) is 6.47. The zero-order chi connectivity index (χ0) is 18.9. The number of Topliss-reactive ketones (excluding diaryl/α,β-unsaturated/α-hetero) is 1. The molecule has 0 saturated carbocycles. The third-order valence-electron chi connectivity index (χ3n) is 4.74. The highest BCUT2D eigenvalue weighted by atomic mass is 32.1. The summed E-state index contributed by atoms with van der Waals surface area (Å²) >= 11 is 1.71. The molecule has 0 atom stereocenters. The first kappa shape index (κ1) is 16.9. The van der Waals surface area contributed by atoms with Crippen LogP contribution in [0, 0.1) is 0 Å². The fourth-order valence-corrected chi connectivity index (χ4v) is 4.67. The second kappa shape index (κ2) is 7.05. The molecule has 1 aliphatic rings. The number of carbonyl (C=O) groups is 1. The molecule has 0 aliphatic heterocycles. The van der Waals surface area contributed by atoms with E-state index < -0.39 is 0 Å². The number of thiophene rings is 1. The van der Waals surface area contributed by atoms with Gasteiger partial charge in [-0.15, -0.1) is 11.3 Å². The lowest BCUT2D eigenvalue weighted by molar-refractivity contribution is 0.104. The summed E-state index contributed by atoms with van der Waals surface area (Å²) in [6, 6.07) is 6.65. The summed E-state index contributed by atoms with van der Waals surface area (Å²) in [7, 11) is 0. The fraction of sp³-hybridized carbons (Fsp3) is 0.200. The second-order valence-corrected chi connectivity index (χ2v) is 7.55. The molecular weight excluding hydrogens is 376 g/mol. The molecule has 4 aromatic heterocycles. The maximum atomic E-state index is 12.8. The Balaban J connectivity index is 1.56. The van der Waals surface area contributed by atoms with Gasteiger partial charge in [0, 0.05) is 4.88 Å². The molecule has 0 bridgehead atoms. The van der Waals surface area contributed by atoms with Gasteiger partial charge in [-0.2, -0.15) is 5.10 Å². The molecule has 8 heteroatoms. The van der Waals surface area contributed by atoms with Crippen LogP contribution in [-0.2, 0) is 12.8 Å². The molecule has 0 radical (unpaired) electrons. The van der Waals surface area contributed by atoms with Gasteiger partial charge >= 0.3 is 0 Å². The predicted octanol–water partition coefficient (Wildman–Crippen LogP) is 4.46. The maximum absolute atomic E-state index is 12.8. The largest absolute Gasteiger partial charge is 0.462 e. The van der Waals surface area contributed by atoms with E-state index >= 15 is 0 Å². The van der Waals surface area contributed by atoms with E-state index in [2.05, 4.69) is 20.5 Å². The first-order valence-electron chi connectivity index (χ1n) is 9.02. The van der Waals surface area contributed by atoms with Crippen molar-refractivity contribution >= 4 is 38.9 Å². The number of fused-ring (bicyclic) bond motifs is 3. The third kappa shape index (κ3) is 2.91. The van der Waals surface area contributed by atoms with Crippen LogP contribution in [0.1, 0.15) is 39.6 Å². The number of aryl methyl sites for hydroxylation is 2. The highest BCUT2D eigenvalue weighted by molar-refractivity contribution is 7.19. The number of hydrazone groups is 1. The Labute approximate surface area is 164 Å². The van der Waals surface area contributed by atoms with Crippen LogP contribution >= 0.6 is 11.3 Å². The van der Waals surface area contributed by atoms with Crippen LogP contribution in [-0.4, -0.2) is 21.5 Å². The van der Waals surface area contributed by atoms with Gasteiger partial charge in [0.15, 0.2) is 23.1 Å². The van der Waals surface area contributed by atoms with Crippen molar-refractivity contribution in [2.24, 2.45) is 5.10 Å². The first-order chi connectivity index (χ1) is 13.8. The number of hydrogen-bond donors (Lipinski definition) is 1. The van der Waals surface area contributed by atoms with Crippen LogP contribution in [0.15, 0.2) is 57.1 Å². The molecule has 1 N–H and O–H groups in total. The lowest BCUT2D eigenvalue weighted by Crippen LogP contribution is -2.16. The number of nitrogens with zero attached hydrogens (tertiary/aromatic N) is 3. The minimum Gasteiger partial charge on any atom is -0.462 e. The average Bonchev–Trinajstić information content (AvgIpc) is 3.47. The Bertz CT molecular complexity index is 1160. The van der Waals surface area contributed by atoms with Crippen molar-refractivity contribution in [3.8, 4) is 0 Å². The van der Waals surface area contributed by atoms with E-state index in [0.29, 0.717) is 11.6 Å². The summed E-state index contributed by atoms with van der Waals surface area (Å²) in [6.07, 6.45) is 8.91. The van der Waals surface area contributed by atoms with E-state index in [-0.39, 0.29) is 17.3 Å². The van der Waals surface area contributed by atoms with Crippen LogP contribution in [0.3, 0.4) is 0 Å². The van der Waals surface area contributed by atoms with Crippen LogP contribution in [0.25, 0.3) is 10.2 Å². The Morgan fingerprint density at radius 2 is 1.86 bits per heavy atom. The lowest BCUT2D eigenvalue weighted by atomic mass is 9.97. The average molecular weight is 392 g/mol. The molecule has 0 unspecified atom stereocenters. The Hall–Kier alpha value is -3.26. The molecule has 4 heterocycles. The summed E-state index contributed by atoms with van der Waals surface area (Å²) < 4.78 is 10.6. The normalized spacial score (nSPS) is 14.2. The van der Waals surface area contributed by atoms with Gasteiger partial charge in [0.25, 0.3) is 5.78 Å². The van der Waals surface area contributed by atoms with Gasteiger partial charge in [-0.1, -0.05) is 0 Å². The van der Waals surface area contributed by atoms with Crippen molar-refractivity contribution in [1.82, 2.24) is 9.97 Å². The lowest BCUT2D eigenvalue weighted by Gasteiger charge is -2.11. The van der Waals surface area contributed by atoms with Gasteiger partial charge in [-0.05, 0) is 55.5 Å². The highest BCUT2D eigenvalue weighted by Gasteiger charge is 2.23. The highest BCUT2D eigenvalue weighted by Crippen LogP contribution is 2.38. The van der Waals surface area contributed by atoms with Crippen LogP contribution in [0.4, 0.5) is 5.82 Å². The predicted molar refractivity (Wildman–Crippen MR) is 106 cm³/mol. The van der Waals surface area contributed by atoms with Gasteiger partial charge in [0.1, 0.15) is 11.2 Å². The van der Waals surface area contributed by atoms with Crippen LogP contribution in [0.5, 0.6) is 0 Å². The van der Waals surface area contributed by atoms with Gasteiger partial charge in [-0.3, -0.25) is 10.2 Å². The van der Waals surface area contributed by atoms with E-state index in [1.807, 2.05) is 0 Å². The number of anilines is 1. The van der Waals surface area contributed by atoms with E-state index in [4.69, 9.17) is 8.83 Å². The van der Waals surface area contributed by atoms with Crippen LogP contribution in [0.2, 0.25) is 0 Å². The van der Waals surface area contributed by atoms with Crippen molar-refractivity contribution < 1.29 is 13.6 Å². The summed E-state index contributed by atoms with van der Waals surface area (Å²) in [6.45, 7) is 0. The SMILES string of the molecule is O=C(C(=NNc1ncnc2sc3c(c12)CCCC3)c1ccco1)c1ccco1. The number of carbonyl (C=O) groups excluding carboxylic acids is 1. The molecule has 0 spiro atoms. The summed E-state index contributed by atoms with van der Waals surface area (Å²) in [4.78, 5) is 23.9. The quantitative estimate of drug-likeness (QED) is 0.306. The number of ketones is 1. The molecule has 5 rings (SSSR count). The van der Waals surface area contributed by atoms with Gasteiger partial charge in [0.05, 0.1) is 17.9 Å². The molecule has 28 heavy (non-hydrogen) atoms. The maximum Gasteiger partial charge on any atom is 0.252 e. The van der Waals surface area contributed by atoms with E-state index in [1.165, 1.54) is 35.7 Å². The van der Waals surface area contributed by atoms with E-state index in [0.717, 1.165) is 29.5 Å². The number of aromatic nitrogens is 2. The van der Waals surface area contributed by atoms with Crippen molar-refractivity contribution in [3.63, 3.8) is 0 Å². The number of hydrogen-bond acceptors (Lipinski definition) is 8. The summed E-state index contributed by atoms with van der Waals surface area (Å²) in [5.41, 5.74) is 4.39. The minimum atomic E-state index is -0.370. The number of rotatable bonds is 5.